The fourth-order valence-corrected chi connectivity index (χ4v) is 7.28. The summed E-state index contributed by atoms with van der Waals surface area (Å²) in [5.74, 6) is 0.749. The number of fused-ring (bicyclic) bond motifs is 1. The molecular formula is C38H43Cl3N2O. The first-order valence-electron chi connectivity index (χ1n) is 15.8. The van der Waals surface area contributed by atoms with E-state index in [0.717, 1.165) is 57.3 Å². The van der Waals surface area contributed by atoms with Crippen LogP contribution in [0.15, 0.2) is 97.1 Å². The molecule has 0 aromatic heterocycles. The summed E-state index contributed by atoms with van der Waals surface area (Å²) in [5.41, 5.74) is 6.42. The molecule has 1 unspecified atom stereocenters. The molecule has 4 aromatic carbocycles. The summed E-state index contributed by atoms with van der Waals surface area (Å²) in [6.07, 6.45) is 6.32. The van der Waals surface area contributed by atoms with Gasteiger partial charge in [0.15, 0.2) is 0 Å². The molecule has 4 aromatic rings. The Morgan fingerprint density at radius 1 is 0.773 bits per heavy atom. The van der Waals surface area contributed by atoms with E-state index in [1.807, 2.05) is 43.4 Å². The van der Waals surface area contributed by atoms with Gasteiger partial charge in [-0.1, -0.05) is 108 Å². The lowest BCUT2D eigenvalue weighted by atomic mass is 9.77. The predicted molar refractivity (Wildman–Crippen MR) is 186 cm³/mol. The van der Waals surface area contributed by atoms with E-state index < -0.39 is 6.10 Å². The number of nitrogens with one attached hydrogen (secondary N) is 1. The fourth-order valence-electron chi connectivity index (χ4n) is 6.77. The molecule has 232 valence electrons. The van der Waals surface area contributed by atoms with Gasteiger partial charge in [-0.15, -0.1) is 0 Å². The number of piperidine rings is 1. The molecule has 44 heavy (non-hydrogen) atoms. The lowest BCUT2D eigenvalue weighted by molar-refractivity contribution is 0.0586. The number of hydrogen-bond acceptors (Lipinski definition) is 3. The van der Waals surface area contributed by atoms with Crippen molar-refractivity contribution in [2.45, 2.75) is 56.6 Å². The molecule has 6 rings (SSSR count). The highest BCUT2D eigenvalue weighted by atomic mass is 35.5. The smallest absolute Gasteiger partial charge is 0.0819 e. The average molecular weight is 650 g/mol. The van der Waals surface area contributed by atoms with Crippen LogP contribution < -0.4 is 5.32 Å². The van der Waals surface area contributed by atoms with Gasteiger partial charge in [-0.2, -0.15) is 0 Å². The van der Waals surface area contributed by atoms with Crippen LogP contribution in [-0.4, -0.2) is 36.7 Å². The number of aliphatic hydroxyl groups is 1. The molecule has 6 heteroatoms. The summed E-state index contributed by atoms with van der Waals surface area (Å²) in [7, 11) is 2.03. The van der Waals surface area contributed by atoms with E-state index in [1.165, 1.54) is 28.7 Å². The number of aliphatic hydroxyl groups excluding tert-OH is 1. The van der Waals surface area contributed by atoms with Crippen molar-refractivity contribution in [3.8, 4) is 0 Å². The summed E-state index contributed by atoms with van der Waals surface area (Å²) >= 11 is 18.2. The molecule has 3 nitrogen and oxygen atoms in total. The van der Waals surface area contributed by atoms with E-state index in [2.05, 4.69) is 70.9 Å². The van der Waals surface area contributed by atoms with E-state index >= 15 is 0 Å². The lowest BCUT2D eigenvalue weighted by Crippen LogP contribution is -2.36. The number of hydrogen-bond donors (Lipinski definition) is 2. The third-order valence-corrected chi connectivity index (χ3v) is 10.2. The van der Waals surface area contributed by atoms with E-state index in [4.69, 9.17) is 34.8 Å². The second kappa shape index (κ2) is 16.3. The minimum absolute atomic E-state index is 0.342. The molecular weight excluding hydrogens is 607 g/mol. The van der Waals surface area contributed by atoms with Gasteiger partial charge in [-0.25, -0.2) is 0 Å². The highest BCUT2D eigenvalue weighted by Crippen LogP contribution is 2.42. The Kier molecular flexibility index (Phi) is 12.2. The highest BCUT2D eigenvalue weighted by molar-refractivity contribution is 6.42. The SMILES string of the molecule is CN[C@H]1CC[C@@H](c2ccc(Cl)c(Cl)c2)c2ccccc21.OC(c1cccc(Cl)c1)C1CCN(CCCc2ccccc2)CC1. The van der Waals surface area contributed by atoms with Gasteiger partial charge < -0.3 is 15.3 Å². The zero-order chi connectivity index (χ0) is 30.9. The Hall–Kier alpha value is -2.37. The van der Waals surface area contributed by atoms with Crippen molar-refractivity contribution in [2.24, 2.45) is 5.92 Å². The fraction of sp³-hybridized carbons (Fsp3) is 0.368. The molecule has 1 aliphatic carbocycles. The second-order valence-corrected chi connectivity index (χ2v) is 13.3. The van der Waals surface area contributed by atoms with Gasteiger partial charge in [0.25, 0.3) is 0 Å². The number of halogens is 3. The van der Waals surface area contributed by atoms with Crippen LogP contribution in [0.5, 0.6) is 0 Å². The number of rotatable bonds is 8. The van der Waals surface area contributed by atoms with Crippen LogP contribution in [0.25, 0.3) is 0 Å². The van der Waals surface area contributed by atoms with Crippen LogP contribution in [0.4, 0.5) is 0 Å². The molecule has 1 aliphatic heterocycles. The molecule has 1 saturated heterocycles. The van der Waals surface area contributed by atoms with Gasteiger partial charge in [0.05, 0.1) is 16.1 Å². The van der Waals surface area contributed by atoms with E-state index in [9.17, 15) is 5.11 Å². The van der Waals surface area contributed by atoms with Crippen molar-refractivity contribution in [1.82, 2.24) is 10.2 Å². The molecule has 1 heterocycles. The van der Waals surface area contributed by atoms with Gasteiger partial charge in [0, 0.05) is 17.0 Å². The highest BCUT2D eigenvalue weighted by Gasteiger charge is 2.28. The van der Waals surface area contributed by atoms with Gasteiger partial charge in [-0.05, 0) is 123 Å². The van der Waals surface area contributed by atoms with Crippen molar-refractivity contribution in [2.75, 3.05) is 26.7 Å². The zero-order valence-electron chi connectivity index (χ0n) is 25.4. The molecule has 0 saturated carbocycles. The van der Waals surface area contributed by atoms with E-state index in [1.54, 1.807) is 0 Å². The van der Waals surface area contributed by atoms with Crippen LogP contribution in [-0.2, 0) is 6.42 Å². The molecule has 1 fully saturated rings. The summed E-state index contributed by atoms with van der Waals surface area (Å²) < 4.78 is 0. The number of likely N-dealkylation sites (tertiary alicyclic amines) is 1. The largest absolute Gasteiger partial charge is 0.388 e. The van der Waals surface area contributed by atoms with Crippen molar-refractivity contribution in [3.63, 3.8) is 0 Å². The molecule has 0 amide bonds. The average Bonchev–Trinajstić information content (AvgIpc) is 3.06. The number of benzene rings is 4. The molecule has 2 aliphatic rings. The summed E-state index contributed by atoms with van der Waals surface area (Å²) in [6, 6.07) is 33.4. The monoisotopic (exact) mass is 648 g/mol. The summed E-state index contributed by atoms with van der Waals surface area (Å²) in [6.45, 7) is 3.31. The van der Waals surface area contributed by atoms with Gasteiger partial charge in [0.2, 0.25) is 0 Å². The lowest BCUT2D eigenvalue weighted by Gasteiger charge is -2.34. The minimum atomic E-state index is -0.393. The Morgan fingerprint density at radius 3 is 2.20 bits per heavy atom. The van der Waals surface area contributed by atoms with Crippen molar-refractivity contribution in [3.05, 3.63) is 140 Å². The van der Waals surface area contributed by atoms with Gasteiger partial charge >= 0.3 is 0 Å². The Balaban J connectivity index is 0.000000177. The first-order chi connectivity index (χ1) is 21.4. The van der Waals surface area contributed by atoms with Gasteiger partial charge in [0.1, 0.15) is 0 Å². The molecule has 2 N–H and O–H groups in total. The van der Waals surface area contributed by atoms with Crippen LogP contribution in [0.2, 0.25) is 15.1 Å². The van der Waals surface area contributed by atoms with Crippen molar-refractivity contribution < 1.29 is 5.11 Å². The normalized spacial score (nSPS) is 19.5. The maximum atomic E-state index is 10.6. The predicted octanol–water partition coefficient (Wildman–Crippen LogP) is 9.90. The summed E-state index contributed by atoms with van der Waals surface area (Å²) in [4.78, 5) is 2.53. The molecule has 0 spiro atoms. The minimum Gasteiger partial charge on any atom is -0.388 e. The molecule has 0 radical (unpaired) electrons. The van der Waals surface area contributed by atoms with Crippen molar-refractivity contribution >= 4 is 34.8 Å². The van der Waals surface area contributed by atoms with Crippen molar-refractivity contribution in [1.29, 1.82) is 0 Å². The van der Waals surface area contributed by atoms with Crippen LogP contribution >= 0.6 is 34.8 Å². The number of aryl methyl sites for hydroxylation is 1. The zero-order valence-corrected chi connectivity index (χ0v) is 27.7. The molecule has 3 atom stereocenters. The maximum Gasteiger partial charge on any atom is 0.0819 e. The standard InChI is InChI=1S/C21H26ClNO.C17H17Cl2N/c22-20-10-4-9-19(16-20)21(24)18-11-14-23(15-12-18)13-5-8-17-6-2-1-3-7-17;1-20-17-9-7-12(13-4-2-3-5-14(13)17)11-6-8-15(18)16(19)10-11/h1-4,6-7,9-10,16,18,21,24H,5,8,11-15H2;2-6,8,10,12,17,20H,7,9H2,1H3/t;12-,17-/m.0/s1. The number of nitrogens with zero attached hydrogens (tertiary/aromatic N) is 1. The third-order valence-electron chi connectivity index (χ3n) is 9.24. The Bertz CT molecular complexity index is 1470. The molecule has 0 bridgehead atoms. The Morgan fingerprint density at radius 2 is 1.50 bits per heavy atom. The first kappa shape index (κ1) is 33.0. The topological polar surface area (TPSA) is 35.5 Å². The van der Waals surface area contributed by atoms with E-state index in [-0.39, 0.29) is 0 Å². The van der Waals surface area contributed by atoms with Crippen LogP contribution in [0.1, 0.15) is 78.0 Å². The van der Waals surface area contributed by atoms with Crippen LogP contribution in [0, 0.1) is 5.92 Å². The second-order valence-electron chi connectivity index (χ2n) is 12.0. The first-order valence-corrected chi connectivity index (χ1v) is 17.0. The maximum absolute atomic E-state index is 10.6. The third kappa shape index (κ3) is 8.66. The van der Waals surface area contributed by atoms with Crippen LogP contribution in [0.3, 0.4) is 0 Å². The van der Waals surface area contributed by atoms with Gasteiger partial charge in [-0.3, -0.25) is 0 Å². The summed E-state index contributed by atoms with van der Waals surface area (Å²) in [5, 5.41) is 16.0. The Labute approximate surface area is 278 Å². The quantitative estimate of drug-likeness (QED) is 0.199. The van der Waals surface area contributed by atoms with E-state index in [0.29, 0.717) is 32.9 Å².